The van der Waals surface area contributed by atoms with Crippen LogP contribution in [0.5, 0.6) is 0 Å². The summed E-state index contributed by atoms with van der Waals surface area (Å²) in [5, 5.41) is 3.22. The van der Waals surface area contributed by atoms with E-state index < -0.39 is 0 Å². The average Bonchev–Trinajstić information content (AvgIpc) is 2.32. The SMILES string of the molecule is CCOC(OCC)C(C)Nc1ccc(F)cc1. The normalized spacial score (nSPS) is 12.8. The van der Waals surface area contributed by atoms with Crippen LogP contribution in [0.1, 0.15) is 20.8 Å². The van der Waals surface area contributed by atoms with Gasteiger partial charge in [-0.1, -0.05) is 0 Å². The van der Waals surface area contributed by atoms with Crippen molar-refractivity contribution in [2.75, 3.05) is 18.5 Å². The molecule has 17 heavy (non-hydrogen) atoms. The minimum absolute atomic E-state index is 0.000334. The van der Waals surface area contributed by atoms with Crippen molar-refractivity contribution in [3.63, 3.8) is 0 Å². The smallest absolute Gasteiger partial charge is 0.177 e. The summed E-state index contributed by atoms with van der Waals surface area (Å²) in [5.74, 6) is -0.241. The Morgan fingerprint density at radius 1 is 1.12 bits per heavy atom. The molecule has 0 aliphatic carbocycles. The highest BCUT2D eigenvalue weighted by Gasteiger charge is 2.17. The van der Waals surface area contributed by atoms with Crippen LogP contribution in [0.3, 0.4) is 0 Å². The molecule has 0 aromatic heterocycles. The zero-order valence-electron chi connectivity index (χ0n) is 10.6. The highest BCUT2D eigenvalue weighted by Crippen LogP contribution is 2.13. The van der Waals surface area contributed by atoms with Gasteiger partial charge in [-0.05, 0) is 45.0 Å². The molecule has 0 aliphatic rings. The second kappa shape index (κ2) is 7.25. The van der Waals surface area contributed by atoms with Crippen molar-refractivity contribution < 1.29 is 13.9 Å². The monoisotopic (exact) mass is 241 g/mol. The first-order valence-electron chi connectivity index (χ1n) is 5.92. The van der Waals surface area contributed by atoms with Crippen LogP contribution < -0.4 is 5.32 Å². The van der Waals surface area contributed by atoms with Gasteiger partial charge in [0.2, 0.25) is 0 Å². The summed E-state index contributed by atoms with van der Waals surface area (Å²) in [6, 6.07) is 6.23. The maximum absolute atomic E-state index is 12.7. The van der Waals surface area contributed by atoms with Gasteiger partial charge in [-0.3, -0.25) is 0 Å². The summed E-state index contributed by atoms with van der Waals surface area (Å²) in [6.07, 6.45) is -0.296. The number of hydrogen-bond acceptors (Lipinski definition) is 3. The van der Waals surface area contributed by atoms with Gasteiger partial charge >= 0.3 is 0 Å². The summed E-state index contributed by atoms with van der Waals surface area (Å²) in [4.78, 5) is 0. The summed E-state index contributed by atoms with van der Waals surface area (Å²) in [6.45, 7) is 7.02. The van der Waals surface area contributed by atoms with E-state index in [1.807, 2.05) is 20.8 Å². The first kappa shape index (κ1) is 13.9. The second-order valence-corrected chi connectivity index (χ2v) is 3.72. The standard InChI is InChI=1S/C13H20FNO2/c1-4-16-13(17-5-2)10(3)15-12-8-6-11(14)7-9-12/h6-10,13,15H,4-5H2,1-3H3. The minimum Gasteiger partial charge on any atom is -0.377 e. The summed E-state index contributed by atoms with van der Waals surface area (Å²) in [5.41, 5.74) is 0.850. The Morgan fingerprint density at radius 3 is 2.12 bits per heavy atom. The van der Waals surface area contributed by atoms with Gasteiger partial charge in [-0.2, -0.15) is 0 Å². The molecule has 0 fully saturated rings. The lowest BCUT2D eigenvalue weighted by Gasteiger charge is -2.25. The molecule has 0 bridgehead atoms. The van der Waals surface area contributed by atoms with Gasteiger partial charge in [-0.15, -0.1) is 0 Å². The van der Waals surface area contributed by atoms with Gasteiger partial charge < -0.3 is 14.8 Å². The van der Waals surface area contributed by atoms with Gasteiger partial charge in [0.1, 0.15) is 5.82 Å². The fourth-order valence-corrected chi connectivity index (χ4v) is 1.54. The van der Waals surface area contributed by atoms with Gasteiger partial charge in [0, 0.05) is 18.9 Å². The zero-order chi connectivity index (χ0) is 12.7. The molecule has 0 heterocycles. The van der Waals surface area contributed by atoms with Gasteiger partial charge in [0.05, 0.1) is 6.04 Å². The van der Waals surface area contributed by atoms with Gasteiger partial charge in [0.25, 0.3) is 0 Å². The molecule has 0 aliphatic heterocycles. The van der Waals surface area contributed by atoms with E-state index in [0.717, 1.165) is 5.69 Å². The summed E-state index contributed by atoms with van der Waals surface area (Å²) >= 11 is 0. The Bertz CT molecular complexity index is 310. The first-order chi connectivity index (χ1) is 8.17. The van der Waals surface area contributed by atoms with Crippen LogP contribution in [0, 0.1) is 5.82 Å². The second-order valence-electron chi connectivity index (χ2n) is 3.72. The van der Waals surface area contributed by atoms with E-state index in [4.69, 9.17) is 9.47 Å². The quantitative estimate of drug-likeness (QED) is 0.744. The third-order valence-electron chi connectivity index (χ3n) is 2.31. The molecule has 1 unspecified atom stereocenters. The predicted molar refractivity (Wildman–Crippen MR) is 66.5 cm³/mol. The van der Waals surface area contributed by atoms with Crippen molar-refractivity contribution in [2.45, 2.75) is 33.1 Å². The number of halogens is 1. The molecule has 0 amide bonds. The lowest BCUT2D eigenvalue weighted by molar-refractivity contribution is -0.142. The van der Waals surface area contributed by atoms with E-state index in [1.165, 1.54) is 12.1 Å². The molecule has 1 aromatic rings. The third-order valence-corrected chi connectivity index (χ3v) is 2.31. The van der Waals surface area contributed by atoms with Crippen LogP contribution in [-0.4, -0.2) is 25.5 Å². The van der Waals surface area contributed by atoms with E-state index >= 15 is 0 Å². The molecule has 1 aromatic carbocycles. The van der Waals surface area contributed by atoms with E-state index in [-0.39, 0.29) is 18.1 Å². The van der Waals surface area contributed by atoms with Crippen molar-refractivity contribution in [3.05, 3.63) is 30.1 Å². The Labute approximate surface area is 102 Å². The minimum atomic E-state index is -0.296. The maximum Gasteiger partial charge on any atom is 0.177 e. The van der Waals surface area contributed by atoms with Crippen LogP contribution >= 0.6 is 0 Å². The Morgan fingerprint density at radius 2 is 1.65 bits per heavy atom. The molecule has 0 saturated heterocycles. The number of nitrogens with one attached hydrogen (secondary N) is 1. The molecule has 0 radical (unpaired) electrons. The highest BCUT2D eigenvalue weighted by atomic mass is 19.1. The molecule has 0 spiro atoms. The van der Waals surface area contributed by atoms with Crippen LogP contribution in [0.25, 0.3) is 0 Å². The molecule has 3 nitrogen and oxygen atoms in total. The molecule has 1 N–H and O–H groups in total. The first-order valence-corrected chi connectivity index (χ1v) is 5.92. The van der Waals surface area contributed by atoms with Crippen molar-refractivity contribution >= 4 is 5.69 Å². The molecule has 1 rings (SSSR count). The molecular weight excluding hydrogens is 221 g/mol. The molecule has 96 valence electrons. The number of anilines is 1. The van der Waals surface area contributed by atoms with Gasteiger partial charge in [-0.25, -0.2) is 4.39 Å². The molecule has 4 heteroatoms. The fraction of sp³-hybridized carbons (Fsp3) is 0.538. The van der Waals surface area contributed by atoms with Gasteiger partial charge in [0.15, 0.2) is 6.29 Å². The van der Waals surface area contributed by atoms with Crippen molar-refractivity contribution in [3.8, 4) is 0 Å². The van der Waals surface area contributed by atoms with Crippen LogP contribution in [0.15, 0.2) is 24.3 Å². The summed E-state index contributed by atoms with van der Waals surface area (Å²) in [7, 11) is 0. The molecular formula is C13H20FNO2. The Balaban J connectivity index is 2.55. The average molecular weight is 241 g/mol. The number of hydrogen-bond donors (Lipinski definition) is 1. The van der Waals surface area contributed by atoms with Crippen molar-refractivity contribution in [2.24, 2.45) is 0 Å². The van der Waals surface area contributed by atoms with Crippen LogP contribution in [-0.2, 0) is 9.47 Å². The predicted octanol–water partition coefficient (Wildman–Crippen LogP) is 3.03. The number of rotatable bonds is 7. The summed E-state index contributed by atoms with van der Waals surface area (Å²) < 4.78 is 23.7. The lowest BCUT2D eigenvalue weighted by atomic mass is 10.2. The van der Waals surface area contributed by atoms with Crippen molar-refractivity contribution in [1.29, 1.82) is 0 Å². The topological polar surface area (TPSA) is 30.5 Å². The number of benzene rings is 1. The Hall–Kier alpha value is -1.13. The Kier molecular flexibility index (Phi) is 5.94. The number of ether oxygens (including phenoxy) is 2. The molecule has 1 atom stereocenters. The van der Waals surface area contributed by atoms with Crippen LogP contribution in [0.4, 0.5) is 10.1 Å². The van der Waals surface area contributed by atoms with E-state index in [0.29, 0.717) is 13.2 Å². The highest BCUT2D eigenvalue weighted by molar-refractivity contribution is 5.43. The molecule has 0 saturated carbocycles. The zero-order valence-corrected chi connectivity index (χ0v) is 10.6. The fourth-order valence-electron chi connectivity index (χ4n) is 1.54. The van der Waals surface area contributed by atoms with E-state index in [2.05, 4.69) is 5.32 Å². The van der Waals surface area contributed by atoms with Crippen molar-refractivity contribution in [1.82, 2.24) is 0 Å². The lowest BCUT2D eigenvalue weighted by Crippen LogP contribution is -2.35. The van der Waals surface area contributed by atoms with E-state index in [1.54, 1.807) is 12.1 Å². The van der Waals surface area contributed by atoms with E-state index in [9.17, 15) is 4.39 Å². The van der Waals surface area contributed by atoms with Crippen LogP contribution in [0.2, 0.25) is 0 Å². The maximum atomic E-state index is 12.7. The third kappa shape index (κ3) is 4.71. The largest absolute Gasteiger partial charge is 0.377 e.